The molecule has 0 unspecified atom stereocenters. The number of hydrogen-bond acceptors (Lipinski definition) is 4. The number of pyridine rings is 1. The molecule has 2 aromatic heterocycles. The molecule has 5 rings (SSSR count). The van der Waals surface area contributed by atoms with Crippen LogP contribution < -0.4 is 0 Å². The number of likely N-dealkylation sites (tertiary alicyclic amines) is 2. The van der Waals surface area contributed by atoms with E-state index in [1.54, 1.807) is 0 Å². The average molecular weight is 456 g/mol. The first-order chi connectivity index (χ1) is 15.5. The molecule has 0 spiro atoms. The van der Waals surface area contributed by atoms with Crippen molar-refractivity contribution in [1.82, 2.24) is 24.8 Å². The number of H-pyrrole nitrogens is 1. The number of nitrogens with zero attached hydrogens (tertiary/aromatic N) is 4. The third kappa shape index (κ3) is 4.64. The van der Waals surface area contributed by atoms with Crippen LogP contribution in [0.25, 0.3) is 11.0 Å². The first kappa shape index (κ1) is 21.3. The standard InChI is InChI=1S/C24H27ClFN5O/c25-19-1-2-20-21(14-19)29-23(28-20)17-6-11-31(12-7-17)24(32)18-4-9-30(10-5-18)15-16-3-8-27-22(26)13-16/h1-3,8,13-14,17-18H,4-7,9-12,15H2,(H,28,29). The summed E-state index contributed by atoms with van der Waals surface area (Å²) in [5, 5.41) is 0.701. The van der Waals surface area contributed by atoms with Crippen LogP contribution in [0.15, 0.2) is 36.5 Å². The van der Waals surface area contributed by atoms with Gasteiger partial charge >= 0.3 is 0 Å². The zero-order valence-electron chi connectivity index (χ0n) is 17.9. The summed E-state index contributed by atoms with van der Waals surface area (Å²) in [5.74, 6) is 1.27. The second-order valence-electron chi connectivity index (χ2n) is 8.92. The molecule has 1 N–H and O–H groups in total. The minimum atomic E-state index is -0.442. The highest BCUT2D eigenvalue weighted by molar-refractivity contribution is 6.31. The lowest BCUT2D eigenvalue weighted by Crippen LogP contribution is -2.45. The van der Waals surface area contributed by atoms with Crippen molar-refractivity contribution in [2.75, 3.05) is 26.2 Å². The van der Waals surface area contributed by atoms with Crippen molar-refractivity contribution in [3.05, 3.63) is 58.9 Å². The number of aromatic nitrogens is 3. The van der Waals surface area contributed by atoms with Gasteiger partial charge in [-0.05, 0) is 74.7 Å². The normalized spacial score (nSPS) is 19.0. The van der Waals surface area contributed by atoms with Crippen molar-refractivity contribution in [1.29, 1.82) is 0 Å². The zero-order chi connectivity index (χ0) is 22.1. The number of carbonyl (C=O) groups excluding carboxylic acids is 1. The lowest BCUT2D eigenvalue weighted by Gasteiger charge is -2.37. The molecule has 0 atom stereocenters. The van der Waals surface area contributed by atoms with Crippen LogP contribution in [0.2, 0.25) is 5.02 Å². The summed E-state index contributed by atoms with van der Waals surface area (Å²) in [7, 11) is 0. The van der Waals surface area contributed by atoms with Crippen LogP contribution in [-0.2, 0) is 11.3 Å². The average Bonchev–Trinajstić information content (AvgIpc) is 3.22. The molecule has 0 saturated carbocycles. The van der Waals surface area contributed by atoms with Gasteiger partial charge in [-0.1, -0.05) is 11.6 Å². The Bertz CT molecular complexity index is 1100. The third-order valence-electron chi connectivity index (χ3n) is 6.79. The largest absolute Gasteiger partial charge is 0.342 e. The van der Waals surface area contributed by atoms with Crippen LogP contribution in [-0.4, -0.2) is 56.8 Å². The minimum absolute atomic E-state index is 0.0883. The van der Waals surface area contributed by atoms with Crippen molar-refractivity contribution in [3.63, 3.8) is 0 Å². The molecule has 0 aliphatic carbocycles. The van der Waals surface area contributed by atoms with Crippen LogP contribution in [0, 0.1) is 11.9 Å². The van der Waals surface area contributed by atoms with E-state index in [-0.39, 0.29) is 11.8 Å². The summed E-state index contributed by atoms with van der Waals surface area (Å²) >= 11 is 6.08. The summed E-state index contributed by atoms with van der Waals surface area (Å²) < 4.78 is 13.3. The van der Waals surface area contributed by atoms with Gasteiger partial charge in [0.25, 0.3) is 0 Å². The van der Waals surface area contributed by atoms with E-state index in [9.17, 15) is 9.18 Å². The molecule has 2 saturated heterocycles. The Hall–Kier alpha value is -2.51. The molecule has 0 bridgehead atoms. The Balaban J connectivity index is 1.12. The first-order valence-corrected chi connectivity index (χ1v) is 11.7. The van der Waals surface area contributed by atoms with E-state index >= 15 is 0 Å². The Morgan fingerprint density at radius 2 is 1.88 bits per heavy atom. The van der Waals surface area contributed by atoms with Gasteiger partial charge in [0.05, 0.1) is 11.0 Å². The zero-order valence-corrected chi connectivity index (χ0v) is 18.7. The van der Waals surface area contributed by atoms with Gasteiger partial charge in [-0.15, -0.1) is 0 Å². The number of carbonyl (C=O) groups is 1. The van der Waals surface area contributed by atoms with Crippen LogP contribution in [0.5, 0.6) is 0 Å². The molecule has 1 aromatic carbocycles. The number of aromatic amines is 1. The van der Waals surface area contributed by atoms with Crippen molar-refractivity contribution in [2.24, 2.45) is 5.92 Å². The molecule has 8 heteroatoms. The lowest BCUT2D eigenvalue weighted by molar-refractivity contribution is -0.138. The highest BCUT2D eigenvalue weighted by atomic mass is 35.5. The fourth-order valence-electron chi connectivity index (χ4n) is 4.96. The summed E-state index contributed by atoms with van der Waals surface area (Å²) in [6.45, 7) is 3.97. The number of hydrogen-bond donors (Lipinski definition) is 1. The number of halogens is 2. The Morgan fingerprint density at radius 3 is 2.62 bits per heavy atom. The maximum atomic E-state index is 13.3. The van der Waals surface area contributed by atoms with E-state index in [1.807, 2.05) is 29.2 Å². The molecule has 4 heterocycles. The van der Waals surface area contributed by atoms with E-state index in [1.165, 1.54) is 12.3 Å². The number of piperidine rings is 2. The van der Waals surface area contributed by atoms with Crippen molar-refractivity contribution < 1.29 is 9.18 Å². The van der Waals surface area contributed by atoms with E-state index in [2.05, 4.69) is 14.9 Å². The quantitative estimate of drug-likeness (QED) is 0.593. The molecule has 3 aromatic rings. The van der Waals surface area contributed by atoms with Crippen molar-refractivity contribution in [3.8, 4) is 0 Å². The first-order valence-electron chi connectivity index (χ1n) is 11.3. The highest BCUT2D eigenvalue weighted by Crippen LogP contribution is 2.30. The Kier molecular flexibility index (Phi) is 6.11. The third-order valence-corrected chi connectivity index (χ3v) is 7.02. The summed E-state index contributed by atoms with van der Waals surface area (Å²) in [6.07, 6.45) is 5.07. The van der Waals surface area contributed by atoms with Gasteiger partial charge in [0.1, 0.15) is 5.82 Å². The SMILES string of the molecule is O=C(C1CCN(Cc2ccnc(F)c2)CC1)N1CCC(c2nc3ccc(Cl)cc3[nH]2)CC1. The number of imidazole rings is 1. The van der Waals surface area contributed by atoms with Crippen molar-refractivity contribution in [2.45, 2.75) is 38.1 Å². The maximum Gasteiger partial charge on any atom is 0.225 e. The molecular weight excluding hydrogens is 429 g/mol. The number of nitrogens with one attached hydrogen (secondary N) is 1. The molecule has 2 aliphatic heterocycles. The van der Waals surface area contributed by atoms with E-state index in [4.69, 9.17) is 16.6 Å². The van der Waals surface area contributed by atoms with Gasteiger partial charge in [0, 0.05) is 42.7 Å². The highest BCUT2D eigenvalue weighted by Gasteiger charge is 2.32. The van der Waals surface area contributed by atoms with Gasteiger partial charge in [0.15, 0.2) is 0 Å². The van der Waals surface area contributed by atoms with Gasteiger partial charge in [-0.25, -0.2) is 9.97 Å². The summed E-state index contributed by atoms with van der Waals surface area (Å²) in [4.78, 5) is 29.2. The van der Waals surface area contributed by atoms with E-state index in [0.29, 0.717) is 17.5 Å². The van der Waals surface area contributed by atoms with Gasteiger partial charge in [-0.3, -0.25) is 9.69 Å². The summed E-state index contributed by atoms with van der Waals surface area (Å²) in [5.41, 5.74) is 2.83. The molecule has 168 valence electrons. The van der Waals surface area contributed by atoms with Gasteiger partial charge < -0.3 is 9.88 Å². The number of benzene rings is 1. The Morgan fingerprint density at radius 1 is 1.09 bits per heavy atom. The van der Waals surface area contributed by atoms with E-state index < -0.39 is 5.95 Å². The monoisotopic (exact) mass is 455 g/mol. The van der Waals surface area contributed by atoms with E-state index in [0.717, 1.165) is 74.3 Å². The molecule has 1 amide bonds. The topological polar surface area (TPSA) is 65.1 Å². The lowest BCUT2D eigenvalue weighted by atomic mass is 9.91. The maximum absolute atomic E-state index is 13.3. The molecule has 2 aliphatic rings. The molecule has 6 nitrogen and oxygen atoms in total. The smallest absolute Gasteiger partial charge is 0.225 e. The molecule has 2 fully saturated rings. The van der Waals surface area contributed by atoms with Gasteiger partial charge in [0.2, 0.25) is 11.9 Å². The Labute approximate surface area is 191 Å². The second-order valence-corrected chi connectivity index (χ2v) is 9.36. The number of amides is 1. The minimum Gasteiger partial charge on any atom is -0.342 e. The predicted octanol–water partition coefficient (Wildman–Crippen LogP) is 4.37. The second kappa shape index (κ2) is 9.16. The fourth-order valence-corrected chi connectivity index (χ4v) is 5.14. The van der Waals surface area contributed by atoms with Crippen LogP contribution in [0.1, 0.15) is 43.0 Å². The van der Waals surface area contributed by atoms with Crippen molar-refractivity contribution >= 4 is 28.5 Å². The number of fused-ring (bicyclic) bond motifs is 1. The van der Waals surface area contributed by atoms with Crippen LogP contribution >= 0.6 is 11.6 Å². The number of rotatable bonds is 4. The predicted molar refractivity (Wildman–Crippen MR) is 122 cm³/mol. The van der Waals surface area contributed by atoms with Crippen LogP contribution in [0.3, 0.4) is 0 Å². The van der Waals surface area contributed by atoms with Crippen LogP contribution in [0.4, 0.5) is 4.39 Å². The van der Waals surface area contributed by atoms with Gasteiger partial charge in [-0.2, -0.15) is 4.39 Å². The summed E-state index contributed by atoms with van der Waals surface area (Å²) in [6, 6.07) is 9.03. The molecule has 0 radical (unpaired) electrons. The molecule has 32 heavy (non-hydrogen) atoms. The fraction of sp³-hybridized carbons (Fsp3) is 0.458. The molecular formula is C24H27ClFN5O.